The van der Waals surface area contributed by atoms with Crippen LogP contribution in [0.3, 0.4) is 0 Å². The number of para-hydroxylation sites is 1. The zero-order valence-electron chi connectivity index (χ0n) is 17.5. The molecule has 1 N–H and O–H groups in total. The molecule has 8 heteroatoms. The summed E-state index contributed by atoms with van der Waals surface area (Å²) in [5, 5.41) is 7.68. The molecule has 2 unspecified atom stereocenters. The number of aryl methyl sites for hydroxylation is 1. The Kier molecular flexibility index (Phi) is 9.72. The summed E-state index contributed by atoms with van der Waals surface area (Å²) in [4.78, 5) is 7.13. The van der Waals surface area contributed by atoms with Crippen molar-refractivity contribution >= 4 is 29.9 Å². The Morgan fingerprint density at radius 3 is 2.79 bits per heavy atom. The van der Waals surface area contributed by atoms with Gasteiger partial charge >= 0.3 is 0 Å². The van der Waals surface area contributed by atoms with Crippen molar-refractivity contribution in [2.75, 3.05) is 32.8 Å². The van der Waals surface area contributed by atoms with E-state index in [1.807, 2.05) is 54.5 Å². The summed E-state index contributed by atoms with van der Waals surface area (Å²) in [6, 6.07) is 9.94. The number of guanidine groups is 1. The quantitative estimate of drug-likeness (QED) is 0.350. The summed E-state index contributed by atoms with van der Waals surface area (Å²) >= 11 is 0. The molecule has 7 nitrogen and oxygen atoms in total. The van der Waals surface area contributed by atoms with Crippen LogP contribution in [0.15, 0.2) is 47.7 Å². The molecule has 1 aromatic carbocycles. The van der Waals surface area contributed by atoms with E-state index in [4.69, 9.17) is 14.5 Å². The van der Waals surface area contributed by atoms with Crippen LogP contribution in [0.5, 0.6) is 5.75 Å². The Morgan fingerprint density at radius 1 is 1.34 bits per heavy atom. The van der Waals surface area contributed by atoms with Gasteiger partial charge in [0.25, 0.3) is 0 Å². The Hall–Kier alpha value is -1.81. The minimum atomic E-state index is 0. The van der Waals surface area contributed by atoms with Gasteiger partial charge in [0.05, 0.1) is 25.9 Å². The number of rotatable bonds is 7. The van der Waals surface area contributed by atoms with Crippen LogP contribution in [0, 0.1) is 0 Å². The first kappa shape index (κ1) is 23.5. The van der Waals surface area contributed by atoms with Crippen molar-refractivity contribution < 1.29 is 9.47 Å². The first-order valence-corrected chi connectivity index (χ1v) is 10.0. The fourth-order valence-corrected chi connectivity index (χ4v) is 3.21. The molecular weight excluding hydrogens is 481 g/mol. The molecule has 1 fully saturated rings. The van der Waals surface area contributed by atoms with E-state index in [9.17, 15) is 0 Å². The standard InChI is InChI=1S/C21H31N5O2.HI/c1-4-18(28-19-9-7-6-8-10-19)14-23-21(22-5-2)26-11-12-27-20(16-26)17-13-24-25(3)15-17;/h6-10,13,15,18,20H,4-5,11-12,14,16H2,1-3H3,(H,22,23);1H. The minimum Gasteiger partial charge on any atom is -0.489 e. The molecule has 1 aliphatic heterocycles. The molecule has 0 aliphatic carbocycles. The Bertz CT molecular complexity index is 753. The predicted octanol–water partition coefficient (Wildman–Crippen LogP) is 3.23. The second-order valence-corrected chi connectivity index (χ2v) is 6.91. The molecule has 0 amide bonds. The SMILES string of the molecule is CCNC(=NCC(CC)Oc1ccccc1)N1CCOC(c2cnn(C)c2)C1.I. The van der Waals surface area contributed by atoms with Crippen molar-refractivity contribution in [2.45, 2.75) is 32.5 Å². The van der Waals surface area contributed by atoms with E-state index in [2.05, 4.69) is 29.2 Å². The zero-order chi connectivity index (χ0) is 19.8. The van der Waals surface area contributed by atoms with Gasteiger partial charge in [-0.2, -0.15) is 5.10 Å². The largest absolute Gasteiger partial charge is 0.489 e. The van der Waals surface area contributed by atoms with Gasteiger partial charge in [-0.3, -0.25) is 4.68 Å². The number of nitrogens with zero attached hydrogens (tertiary/aromatic N) is 4. The highest BCUT2D eigenvalue weighted by Gasteiger charge is 2.25. The highest BCUT2D eigenvalue weighted by Crippen LogP contribution is 2.21. The summed E-state index contributed by atoms with van der Waals surface area (Å²) in [5.74, 6) is 1.80. The second kappa shape index (κ2) is 12.0. The van der Waals surface area contributed by atoms with Crippen LogP contribution in [-0.2, 0) is 11.8 Å². The third-order valence-electron chi connectivity index (χ3n) is 4.74. The predicted molar refractivity (Wildman–Crippen MR) is 126 cm³/mol. The van der Waals surface area contributed by atoms with Gasteiger partial charge in [-0.05, 0) is 25.5 Å². The lowest BCUT2D eigenvalue weighted by molar-refractivity contribution is -0.00809. The van der Waals surface area contributed by atoms with E-state index in [0.717, 1.165) is 43.3 Å². The molecule has 160 valence electrons. The number of halogens is 1. The fourth-order valence-electron chi connectivity index (χ4n) is 3.21. The molecule has 0 radical (unpaired) electrons. The summed E-state index contributed by atoms with van der Waals surface area (Å²) in [6.45, 7) is 7.90. The molecule has 2 atom stereocenters. The van der Waals surface area contributed by atoms with E-state index < -0.39 is 0 Å². The summed E-state index contributed by atoms with van der Waals surface area (Å²) in [7, 11) is 1.92. The molecule has 3 rings (SSSR count). The van der Waals surface area contributed by atoms with Crippen molar-refractivity contribution in [3.05, 3.63) is 48.3 Å². The Labute approximate surface area is 190 Å². The maximum Gasteiger partial charge on any atom is 0.194 e. The number of aromatic nitrogens is 2. The Morgan fingerprint density at radius 2 is 2.14 bits per heavy atom. The first-order chi connectivity index (χ1) is 13.7. The third-order valence-corrected chi connectivity index (χ3v) is 4.74. The van der Waals surface area contributed by atoms with Crippen LogP contribution < -0.4 is 10.1 Å². The van der Waals surface area contributed by atoms with Crippen molar-refractivity contribution in [1.29, 1.82) is 0 Å². The summed E-state index contributed by atoms with van der Waals surface area (Å²) < 4.78 is 13.9. The van der Waals surface area contributed by atoms with Crippen molar-refractivity contribution in [3.8, 4) is 5.75 Å². The highest BCUT2D eigenvalue weighted by molar-refractivity contribution is 14.0. The van der Waals surface area contributed by atoms with Gasteiger partial charge in [0, 0.05) is 31.9 Å². The number of hydrogen-bond donors (Lipinski definition) is 1. The van der Waals surface area contributed by atoms with Gasteiger partial charge in [0.2, 0.25) is 0 Å². The second-order valence-electron chi connectivity index (χ2n) is 6.91. The van der Waals surface area contributed by atoms with Crippen molar-refractivity contribution in [3.63, 3.8) is 0 Å². The van der Waals surface area contributed by atoms with E-state index in [0.29, 0.717) is 13.2 Å². The van der Waals surface area contributed by atoms with Crippen LogP contribution >= 0.6 is 24.0 Å². The molecule has 2 heterocycles. The topological polar surface area (TPSA) is 63.9 Å². The maximum atomic E-state index is 6.08. The lowest BCUT2D eigenvalue weighted by Crippen LogP contribution is -2.48. The van der Waals surface area contributed by atoms with Crippen LogP contribution in [-0.4, -0.2) is 59.5 Å². The highest BCUT2D eigenvalue weighted by atomic mass is 127. The number of aliphatic imine (C=N–C) groups is 1. The normalized spacial score (nSPS) is 18.1. The van der Waals surface area contributed by atoms with E-state index in [1.165, 1.54) is 0 Å². The summed E-state index contributed by atoms with van der Waals surface area (Å²) in [6.07, 6.45) is 4.84. The molecule has 1 saturated heterocycles. The van der Waals surface area contributed by atoms with E-state index in [1.54, 1.807) is 0 Å². The molecule has 0 saturated carbocycles. The van der Waals surface area contributed by atoms with Gasteiger partial charge in [0.1, 0.15) is 18.0 Å². The van der Waals surface area contributed by atoms with Gasteiger partial charge in [-0.25, -0.2) is 4.99 Å². The van der Waals surface area contributed by atoms with Crippen LogP contribution in [0.4, 0.5) is 0 Å². The number of hydrogen-bond acceptors (Lipinski definition) is 4. The van der Waals surface area contributed by atoms with Crippen LogP contribution in [0.25, 0.3) is 0 Å². The van der Waals surface area contributed by atoms with Crippen LogP contribution in [0.1, 0.15) is 31.9 Å². The lowest BCUT2D eigenvalue weighted by Gasteiger charge is -2.35. The van der Waals surface area contributed by atoms with Crippen LogP contribution in [0.2, 0.25) is 0 Å². The Balaban J connectivity index is 0.00000300. The molecule has 1 aromatic heterocycles. The molecule has 1 aliphatic rings. The lowest BCUT2D eigenvalue weighted by atomic mass is 10.1. The van der Waals surface area contributed by atoms with Gasteiger partial charge in [-0.1, -0.05) is 25.1 Å². The maximum absolute atomic E-state index is 6.08. The monoisotopic (exact) mass is 513 g/mol. The van der Waals surface area contributed by atoms with Crippen molar-refractivity contribution in [1.82, 2.24) is 20.0 Å². The molecule has 0 bridgehead atoms. The number of morpholine rings is 1. The fraction of sp³-hybridized carbons (Fsp3) is 0.524. The van der Waals surface area contributed by atoms with E-state index in [-0.39, 0.29) is 36.2 Å². The van der Waals surface area contributed by atoms with Crippen molar-refractivity contribution in [2.24, 2.45) is 12.0 Å². The first-order valence-electron chi connectivity index (χ1n) is 10.0. The van der Waals surface area contributed by atoms with Gasteiger partial charge in [-0.15, -0.1) is 24.0 Å². The molecule has 29 heavy (non-hydrogen) atoms. The average molecular weight is 513 g/mol. The average Bonchev–Trinajstić information content (AvgIpc) is 3.17. The van der Waals surface area contributed by atoms with Gasteiger partial charge in [0.15, 0.2) is 5.96 Å². The molecule has 0 spiro atoms. The van der Waals surface area contributed by atoms with Gasteiger partial charge < -0.3 is 19.7 Å². The van der Waals surface area contributed by atoms with E-state index >= 15 is 0 Å². The molecule has 2 aromatic rings. The number of nitrogens with one attached hydrogen (secondary N) is 1. The number of ether oxygens (including phenoxy) is 2. The third kappa shape index (κ3) is 6.88. The smallest absolute Gasteiger partial charge is 0.194 e. The number of benzene rings is 1. The molecular formula is C21H32IN5O2. The minimum absolute atomic E-state index is 0. The zero-order valence-corrected chi connectivity index (χ0v) is 19.8. The summed E-state index contributed by atoms with van der Waals surface area (Å²) in [5.41, 5.74) is 1.10.